The molecule has 0 aliphatic heterocycles. The zero-order valence-corrected chi connectivity index (χ0v) is 19.2. The van der Waals surface area contributed by atoms with E-state index in [9.17, 15) is 35.1 Å². The molecule has 0 fully saturated rings. The summed E-state index contributed by atoms with van der Waals surface area (Å²) < 4.78 is 117. The predicted molar refractivity (Wildman–Crippen MR) is 122 cm³/mol. The van der Waals surface area contributed by atoms with Crippen LogP contribution in [0.5, 0.6) is 5.75 Å². The van der Waals surface area contributed by atoms with E-state index in [1.165, 1.54) is 12.1 Å². The van der Waals surface area contributed by atoms with Gasteiger partial charge in [0.2, 0.25) is 0 Å². The molecule has 0 bridgehead atoms. The maximum absolute atomic E-state index is 14.9. The van der Waals surface area contributed by atoms with Gasteiger partial charge < -0.3 is 4.74 Å². The van der Waals surface area contributed by atoms with E-state index in [2.05, 4.69) is 4.74 Å². The second-order valence-electron chi connectivity index (χ2n) is 8.25. The Morgan fingerprint density at radius 1 is 0.622 bits per heavy atom. The van der Waals surface area contributed by atoms with Crippen molar-refractivity contribution in [2.75, 3.05) is 0 Å². The molecule has 4 aromatic carbocycles. The minimum Gasteiger partial charge on any atom is -0.429 e. The molecular weight excluding hydrogens is 504 g/mol. The van der Waals surface area contributed by atoms with Crippen LogP contribution in [0, 0.1) is 34.9 Å². The normalized spacial score (nSPS) is 11.6. The highest BCUT2D eigenvalue weighted by molar-refractivity contribution is 5.72. The van der Waals surface area contributed by atoms with Crippen LogP contribution >= 0.6 is 0 Å². The Balaban J connectivity index is 1.64. The van der Waals surface area contributed by atoms with Crippen LogP contribution in [0.15, 0.2) is 66.7 Å². The van der Waals surface area contributed by atoms with Gasteiger partial charge in [-0.05, 0) is 35.2 Å². The molecule has 0 aliphatic rings. The maximum Gasteiger partial charge on any atom is 0.429 e. The standard InChI is InChI=1S/C28H18F8O/c1-2-3-15-4-6-16(7-5-15)17-8-9-19(22(29)12-17)20-10-11-21(26(33)25(20)32)28(35,36)37-18-13-23(30)27(34)24(31)14-18/h4-14H,2-3H2,1H3. The third kappa shape index (κ3) is 5.30. The summed E-state index contributed by atoms with van der Waals surface area (Å²) in [6.07, 6.45) is -2.76. The molecule has 4 aromatic rings. The lowest BCUT2D eigenvalue weighted by molar-refractivity contribution is -0.187. The molecular formula is C28H18F8O. The largest absolute Gasteiger partial charge is 0.429 e. The minimum atomic E-state index is -4.60. The van der Waals surface area contributed by atoms with Crippen molar-refractivity contribution in [1.29, 1.82) is 0 Å². The van der Waals surface area contributed by atoms with Crippen molar-refractivity contribution in [1.82, 2.24) is 0 Å². The summed E-state index contributed by atoms with van der Waals surface area (Å²) in [7, 11) is 0. The van der Waals surface area contributed by atoms with Crippen LogP contribution in [0.3, 0.4) is 0 Å². The molecule has 192 valence electrons. The Hall–Kier alpha value is -3.88. The average molecular weight is 522 g/mol. The molecule has 0 N–H and O–H groups in total. The van der Waals surface area contributed by atoms with Gasteiger partial charge in [0, 0.05) is 23.3 Å². The summed E-state index contributed by atoms with van der Waals surface area (Å²) in [5.41, 5.74) is -0.336. The summed E-state index contributed by atoms with van der Waals surface area (Å²) in [6, 6.07) is 12.6. The average Bonchev–Trinajstić information content (AvgIpc) is 2.84. The van der Waals surface area contributed by atoms with Crippen LogP contribution in [0.25, 0.3) is 22.3 Å². The second-order valence-corrected chi connectivity index (χ2v) is 8.25. The first-order valence-corrected chi connectivity index (χ1v) is 11.1. The highest BCUT2D eigenvalue weighted by atomic mass is 19.3. The molecule has 4 rings (SSSR count). The Morgan fingerprint density at radius 2 is 1.22 bits per heavy atom. The summed E-state index contributed by atoms with van der Waals surface area (Å²) in [6.45, 7) is 2.04. The number of hydrogen-bond donors (Lipinski definition) is 0. The topological polar surface area (TPSA) is 9.23 Å². The summed E-state index contributed by atoms with van der Waals surface area (Å²) in [5, 5.41) is 0. The molecule has 0 saturated carbocycles. The van der Waals surface area contributed by atoms with E-state index in [1.807, 2.05) is 19.1 Å². The Kier molecular flexibility index (Phi) is 7.25. The summed E-state index contributed by atoms with van der Waals surface area (Å²) in [4.78, 5) is 0. The van der Waals surface area contributed by atoms with Gasteiger partial charge in [-0.15, -0.1) is 0 Å². The van der Waals surface area contributed by atoms with Gasteiger partial charge >= 0.3 is 6.11 Å². The smallest absolute Gasteiger partial charge is 0.429 e. The minimum absolute atomic E-state index is 0.128. The van der Waals surface area contributed by atoms with E-state index < -0.39 is 57.9 Å². The molecule has 0 aliphatic carbocycles. The first-order chi connectivity index (χ1) is 17.5. The lowest BCUT2D eigenvalue weighted by Gasteiger charge is -2.20. The molecule has 1 nitrogen and oxygen atoms in total. The van der Waals surface area contributed by atoms with E-state index in [1.54, 1.807) is 12.1 Å². The van der Waals surface area contributed by atoms with Crippen LogP contribution in [0.2, 0.25) is 0 Å². The fraction of sp³-hybridized carbons (Fsp3) is 0.143. The van der Waals surface area contributed by atoms with Crippen molar-refractivity contribution in [3.63, 3.8) is 0 Å². The van der Waals surface area contributed by atoms with Crippen molar-refractivity contribution in [3.8, 4) is 28.0 Å². The molecule has 0 heterocycles. The first kappa shape index (κ1) is 26.2. The molecule has 0 radical (unpaired) electrons. The quantitative estimate of drug-likeness (QED) is 0.174. The molecule has 0 spiro atoms. The van der Waals surface area contributed by atoms with Crippen molar-refractivity contribution >= 4 is 0 Å². The van der Waals surface area contributed by atoms with Crippen LogP contribution in [-0.4, -0.2) is 0 Å². The van der Waals surface area contributed by atoms with Crippen LogP contribution in [0.4, 0.5) is 35.1 Å². The number of alkyl halides is 2. The first-order valence-electron chi connectivity index (χ1n) is 11.1. The van der Waals surface area contributed by atoms with Gasteiger partial charge in [-0.25, -0.2) is 26.3 Å². The lowest BCUT2D eigenvalue weighted by Crippen LogP contribution is -2.24. The third-order valence-corrected chi connectivity index (χ3v) is 5.68. The number of aryl methyl sites for hydroxylation is 1. The van der Waals surface area contributed by atoms with Crippen molar-refractivity contribution in [2.24, 2.45) is 0 Å². The fourth-order valence-electron chi connectivity index (χ4n) is 3.84. The molecule has 0 unspecified atom stereocenters. The van der Waals surface area contributed by atoms with Gasteiger partial charge in [0.05, 0.1) is 0 Å². The molecule has 0 amide bonds. The van der Waals surface area contributed by atoms with Crippen molar-refractivity contribution in [3.05, 3.63) is 113 Å². The van der Waals surface area contributed by atoms with Gasteiger partial charge in [-0.1, -0.05) is 55.8 Å². The van der Waals surface area contributed by atoms with Gasteiger partial charge in [0.1, 0.15) is 17.1 Å². The van der Waals surface area contributed by atoms with Gasteiger partial charge in [-0.2, -0.15) is 8.78 Å². The van der Waals surface area contributed by atoms with Crippen LogP contribution < -0.4 is 4.74 Å². The van der Waals surface area contributed by atoms with E-state index >= 15 is 0 Å². The zero-order chi connectivity index (χ0) is 26.9. The number of rotatable bonds is 7. The number of hydrogen-bond acceptors (Lipinski definition) is 1. The molecule has 9 heteroatoms. The SMILES string of the molecule is CCCc1ccc(-c2ccc(-c3ccc(C(F)(F)Oc4cc(F)c(F)c(F)c4)c(F)c3F)c(F)c2)cc1. The Bertz CT molecular complexity index is 1420. The van der Waals surface area contributed by atoms with Gasteiger partial charge in [-0.3, -0.25) is 0 Å². The summed E-state index contributed by atoms with van der Waals surface area (Å²) >= 11 is 0. The molecule has 37 heavy (non-hydrogen) atoms. The summed E-state index contributed by atoms with van der Waals surface area (Å²) in [5.74, 6) is -11.5. The number of halogens is 8. The molecule has 0 aromatic heterocycles. The van der Waals surface area contributed by atoms with Crippen molar-refractivity contribution < 1.29 is 39.9 Å². The fourth-order valence-corrected chi connectivity index (χ4v) is 3.84. The second kappa shape index (κ2) is 10.2. The maximum atomic E-state index is 14.9. The highest BCUT2D eigenvalue weighted by Gasteiger charge is 2.40. The highest BCUT2D eigenvalue weighted by Crippen LogP contribution is 2.38. The van der Waals surface area contributed by atoms with Crippen LogP contribution in [-0.2, 0) is 12.5 Å². The van der Waals surface area contributed by atoms with Gasteiger partial charge in [0.25, 0.3) is 0 Å². The van der Waals surface area contributed by atoms with E-state index in [4.69, 9.17) is 0 Å². The van der Waals surface area contributed by atoms with Crippen LogP contribution in [0.1, 0.15) is 24.5 Å². The van der Waals surface area contributed by atoms with E-state index in [0.717, 1.165) is 30.5 Å². The van der Waals surface area contributed by atoms with E-state index in [-0.39, 0.29) is 17.7 Å². The number of benzene rings is 4. The molecule has 0 atom stereocenters. The monoisotopic (exact) mass is 522 g/mol. The Morgan fingerprint density at radius 3 is 1.81 bits per heavy atom. The molecule has 0 saturated heterocycles. The Labute approximate surface area is 207 Å². The number of ether oxygens (including phenoxy) is 1. The zero-order valence-electron chi connectivity index (χ0n) is 19.2. The lowest BCUT2D eigenvalue weighted by atomic mass is 9.97. The van der Waals surface area contributed by atoms with Gasteiger partial charge in [0.15, 0.2) is 29.1 Å². The van der Waals surface area contributed by atoms with E-state index in [0.29, 0.717) is 17.2 Å². The third-order valence-electron chi connectivity index (χ3n) is 5.68. The van der Waals surface area contributed by atoms with Crippen molar-refractivity contribution in [2.45, 2.75) is 25.9 Å². The predicted octanol–water partition coefficient (Wildman–Crippen LogP) is 8.94.